The molecular weight excluding hydrogens is 234 g/mol. The molecule has 0 saturated heterocycles. The van der Waals surface area contributed by atoms with Gasteiger partial charge in [0.1, 0.15) is 5.82 Å². The topological polar surface area (TPSA) is 29.9 Å². The minimum absolute atomic E-state index is 0.746. The lowest BCUT2D eigenvalue weighted by atomic mass is 10.1. The number of hydrogen-bond donors (Lipinski definition) is 1. The third kappa shape index (κ3) is 2.35. The average Bonchev–Trinajstić information content (AvgIpc) is 2.80. The fraction of sp³-hybridized carbons (Fsp3) is 0.308. The quantitative estimate of drug-likeness (QED) is 0.903. The van der Waals surface area contributed by atoms with Crippen LogP contribution in [0.25, 0.3) is 5.69 Å². The third-order valence-corrected chi connectivity index (χ3v) is 3.09. The summed E-state index contributed by atoms with van der Waals surface area (Å²) in [5, 5.41) is 3.93. The van der Waals surface area contributed by atoms with Crippen LogP contribution >= 0.6 is 11.6 Å². The van der Waals surface area contributed by atoms with E-state index >= 15 is 0 Å². The Morgan fingerprint density at radius 3 is 2.94 bits per heavy atom. The van der Waals surface area contributed by atoms with Gasteiger partial charge < -0.3 is 9.88 Å². The molecule has 1 aromatic carbocycles. The summed E-state index contributed by atoms with van der Waals surface area (Å²) < 4.78 is 2.10. The highest BCUT2D eigenvalue weighted by atomic mass is 35.5. The third-order valence-electron chi connectivity index (χ3n) is 2.74. The molecule has 0 spiro atoms. The van der Waals surface area contributed by atoms with Gasteiger partial charge in [-0.3, -0.25) is 0 Å². The van der Waals surface area contributed by atoms with Crippen LogP contribution in [0.4, 0.5) is 0 Å². The van der Waals surface area contributed by atoms with Crippen molar-refractivity contribution >= 4 is 11.6 Å². The largest absolute Gasteiger partial charge is 0.316 e. The van der Waals surface area contributed by atoms with Crippen LogP contribution in [-0.4, -0.2) is 16.6 Å². The van der Waals surface area contributed by atoms with Crippen molar-refractivity contribution < 1.29 is 0 Å². The van der Waals surface area contributed by atoms with Gasteiger partial charge in [0.25, 0.3) is 0 Å². The van der Waals surface area contributed by atoms with Crippen molar-refractivity contribution in [3.8, 4) is 5.69 Å². The average molecular weight is 250 g/mol. The van der Waals surface area contributed by atoms with Crippen LogP contribution < -0.4 is 5.32 Å². The van der Waals surface area contributed by atoms with Gasteiger partial charge in [-0.15, -0.1) is 0 Å². The lowest BCUT2D eigenvalue weighted by molar-refractivity contribution is 0.798. The van der Waals surface area contributed by atoms with Crippen LogP contribution in [0.3, 0.4) is 0 Å². The molecule has 90 valence electrons. The highest BCUT2D eigenvalue weighted by molar-refractivity contribution is 6.31. The number of hydrogen-bond acceptors (Lipinski definition) is 2. The SMILES string of the molecule is CCc1nccn1-c1cccc(Cl)c1CNC. The Bertz CT molecular complexity index is 505. The molecule has 17 heavy (non-hydrogen) atoms. The minimum atomic E-state index is 0.746. The molecule has 0 bridgehead atoms. The van der Waals surface area contributed by atoms with E-state index < -0.39 is 0 Å². The van der Waals surface area contributed by atoms with Gasteiger partial charge in [-0.2, -0.15) is 0 Å². The summed E-state index contributed by atoms with van der Waals surface area (Å²) in [6.45, 7) is 2.84. The first-order valence-electron chi connectivity index (χ1n) is 5.72. The number of benzene rings is 1. The van der Waals surface area contributed by atoms with Crippen molar-refractivity contribution in [2.75, 3.05) is 7.05 Å². The monoisotopic (exact) mass is 249 g/mol. The van der Waals surface area contributed by atoms with Crippen molar-refractivity contribution in [2.45, 2.75) is 19.9 Å². The van der Waals surface area contributed by atoms with Gasteiger partial charge in [0.15, 0.2) is 0 Å². The maximum Gasteiger partial charge on any atom is 0.112 e. The van der Waals surface area contributed by atoms with E-state index in [1.807, 2.05) is 31.6 Å². The molecule has 0 atom stereocenters. The number of rotatable bonds is 4. The van der Waals surface area contributed by atoms with Crippen LogP contribution in [0.15, 0.2) is 30.6 Å². The molecule has 1 heterocycles. The molecule has 2 rings (SSSR count). The number of aryl methyl sites for hydroxylation is 1. The molecule has 0 aliphatic heterocycles. The number of halogens is 1. The number of aromatic nitrogens is 2. The van der Waals surface area contributed by atoms with E-state index in [4.69, 9.17) is 11.6 Å². The molecule has 1 aromatic heterocycles. The highest BCUT2D eigenvalue weighted by Crippen LogP contribution is 2.24. The summed E-state index contributed by atoms with van der Waals surface area (Å²) in [6, 6.07) is 5.95. The van der Waals surface area contributed by atoms with Gasteiger partial charge in [-0.05, 0) is 19.2 Å². The Kier molecular flexibility index (Phi) is 3.82. The molecule has 4 heteroatoms. The van der Waals surface area contributed by atoms with Gasteiger partial charge in [0.05, 0.1) is 5.69 Å². The van der Waals surface area contributed by atoms with Crippen LogP contribution in [0, 0.1) is 0 Å². The standard InChI is InChI=1S/C13H16ClN3/c1-3-13-16-7-8-17(13)12-6-4-5-11(14)10(12)9-15-2/h4-8,15H,3,9H2,1-2H3. The summed E-state index contributed by atoms with van der Waals surface area (Å²) in [5.41, 5.74) is 2.20. The molecule has 2 aromatic rings. The van der Waals surface area contributed by atoms with E-state index in [0.717, 1.165) is 35.1 Å². The first-order chi connectivity index (χ1) is 8.27. The van der Waals surface area contributed by atoms with Gasteiger partial charge in [-0.25, -0.2) is 4.98 Å². The van der Waals surface area contributed by atoms with Crippen LogP contribution in [-0.2, 0) is 13.0 Å². The molecule has 0 fully saturated rings. The molecule has 0 unspecified atom stereocenters. The van der Waals surface area contributed by atoms with Crippen molar-refractivity contribution in [1.82, 2.24) is 14.9 Å². The van der Waals surface area contributed by atoms with E-state index in [1.165, 1.54) is 0 Å². The predicted octanol–water partition coefficient (Wildman–Crippen LogP) is 2.81. The Balaban J connectivity index is 2.55. The van der Waals surface area contributed by atoms with E-state index in [0.29, 0.717) is 0 Å². The fourth-order valence-electron chi connectivity index (χ4n) is 1.94. The van der Waals surface area contributed by atoms with Gasteiger partial charge in [0.2, 0.25) is 0 Å². The summed E-state index contributed by atoms with van der Waals surface area (Å²) in [5.74, 6) is 1.05. The zero-order valence-electron chi connectivity index (χ0n) is 10.1. The number of nitrogens with zero attached hydrogens (tertiary/aromatic N) is 2. The predicted molar refractivity (Wildman–Crippen MR) is 70.7 cm³/mol. The maximum absolute atomic E-state index is 6.25. The van der Waals surface area contributed by atoms with Gasteiger partial charge >= 0.3 is 0 Å². The fourth-order valence-corrected chi connectivity index (χ4v) is 2.18. The Labute approximate surface area is 106 Å². The normalized spacial score (nSPS) is 10.8. The molecule has 0 saturated carbocycles. The highest BCUT2D eigenvalue weighted by Gasteiger charge is 2.10. The van der Waals surface area contributed by atoms with E-state index in [-0.39, 0.29) is 0 Å². The Hall–Kier alpha value is -1.32. The zero-order valence-corrected chi connectivity index (χ0v) is 10.8. The lowest BCUT2D eigenvalue weighted by Crippen LogP contribution is -2.10. The number of imidazole rings is 1. The van der Waals surface area contributed by atoms with Crippen LogP contribution in [0.5, 0.6) is 0 Å². The molecular formula is C13H16ClN3. The van der Waals surface area contributed by atoms with E-state index in [2.05, 4.69) is 27.9 Å². The molecule has 0 radical (unpaired) electrons. The van der Waals surface area contributed by atoms with Crippen molar-refractivity contribution in [3.63, 3.8) is 0 Å². The summed E-state index contributed by atoms with van der Waals surface area (Å²) >= 11 is 6.25. The van der Waals surface area contributed by atoms with Gasteiger partial charge in [0, 0.05) is 35.9 Å². The lowest BCUT2D eigenvalue weighted by Gasteiger charge is -2.13. The van der Waals surface area contributed by atoms with Crippen LogP contribution in [0.1, 0.15) is 18.3 Å². The molecule has 0 aliphatic carbocycles. The number of nitrogens with one attached hydrogen (secondary N) is 1. The molecule has 1 N–H and O–H groups in total. The summed E-state index contributed by atoms with van der Waals surface area (Å²) in [4.78, 5) is 4.34. The van der Waals surface area contributed by atoms with Crippen molar-refractivity contribution in [2.24, 2.45) is 0 Å². The van der Waals surface area contributed by atoms with Crippen molar-refractivity contribution in [3.05, 3.63) is 47.0 Å². The second-order valence-electron chi connectivity index (χ2n) is 3.83. The smallest absolute Gasteiger partial charge is 0.112 e. The molecule has 0 amide bonds. The molecule has 3 nitrogen and oxygen atoms in total. The first kappa shape index (κ1) is 12.1. The minimum Gasteiger partial charge on any atom is -0.316 e. The van der Waals surface area contributed by atoms with E-state index in [1.54, 1.807) is 0 Å². The maximum atomic E-state index is 6.25. The Morgan fingerprint density at radius 2 is 2.24 bits per heavy atom. The molecule has 0 aliphatic rings. The zero-order chi connectivity index (χ0) is 12.3. The summed E-state index contributed by atoms with van der Waals surface area (Å²) in [7, 11) is 1.92. The Morgan fingerprint density at radius 1 is 1.41 bits per heavy atom. The van der Waals surface area contributed by atoms with Crippen molar-refractivity contribution in [1.29, 1.82) is 0 Å². The van der Waals surface area contributed by atoms with E-state index in [9.17, 15) is 0 Å². The van der Waals surface area contributed by atoms with Gasteiger partial charge in [-0.1, -0.05) is 24.6 Å². The van der Waals surface area contributed by atoms with Crippen LogP contribution in [0.2, 0.25) is 5.02 Å². The second kappa shape index (κ2) is 5.34. The summed E-state index contributed by atoms with van der Waals surface area (Å²) in [6.07, 6.45) is 4.70. The second-order valence-corrected chi connectivity index (χ2v) is 4.24. The first-order valence-corrected chi connectivity index (χ1v) is 6.10.